The van der Waals surface area contributed by atoms with E-state index in [9.17, 15) is 0 Å². The molecule has 0 radical (unpaired) electrons. The fourth-order valence-electron chi connectivity index (χ4n) is 2.00. The maximum atomic E-state index is 5.70. The van der Waals surface area contributed by atoms with E-state index in [0.717, 1.165) is 31.8 Å². The van der Waals surface area contributed by atoms with Gasteiger partial charge in [0.2, 0.25) is 5.88 Å². The van der Waals surface area contributed by atoms with Crippen molar-refractivity contribution in [2.75, 3.05) is 25.1 Å². The second kappa shape index (κ2) is 6.54. The monoisotopic (exact) mass is 251 g/mol. The quantitative estimate of drug-likeness (QED) is 0.869. The summed E-state index contributed by atoms with van der Waals surface area (Å²) in [6.45, 7) is 6.15. The van der Waals surface area contributed by atoms with Crippen molar-refractivity contribution in [2.24, 2.45) is 0 Å². The van der Waals surface area contributed by atoms with E-state index >= 15 is 0 Å². The summed E-state index contributed by atoms with van der Waals surface area (Å²) in [6, 6.07) is 1.83. The van der Waals surface area contributed by atoms with Crippen LogP contribution in [-0.4, -0.2) is 35.8 Å². The number of aryl methyl sites for hydroxylation is 1. The Morgan fingerprint density at radius 1 is 1.44 bits per heavy atom. The summed E-state index contributed by atoms with van der Waals surface area (Å²) in [5.74, 6) is 2.14. The van der Waals surface area contributed by atoms with Gasteiger partial charge in [0, 0.05) is 19.2 Å². The van der Waals surface area contributed by atoms with E-state index in [1.165, 1.54) is 6.42 Å². The molecular weight excluding hydrogens is 230 g/mol. The molecule has 1 atom stereocenters. The molecule has 1 unspecified atom stereocenters. The largest absolute Gasteiger partial charge is 0.475 e. The molecule has 1 fully saturated rings. The van der Waals surface area contributed by atoms with Crippen LogP contribution in [0.2, 0.25) is 0 Å². The van der Waals surface area contributed by atoms with Crippen LogP contribution in [0, 0.1) is 6.92 Å². The SMILES string of the molecule is CCNc1cc(OCC2CCCCO2)nc(C)n1. The minimum absolute atomic E-state index is 0.205. The molecule has 0 spiro atoms. The normalized spacial score (nSPS) is 19.6. The molecule has 0 bridgehead atoms. The summed E-state index contributed by atoms with van der Waals surface area (Å²) < 4.78 is 11.3. The first-order valence-electron chi connectivity index (χ1n) is 6.62. The lowest BCUT2D eigenvalue weighted by Gasteiger charge is -2.22. The van der Waals surface area contributed by atoms with Crippen LogP contribution in [0.15, 0.2) is 6.07 Å². The van der Waals surface area contributed by atoms with Gasteiger partial charge < -0.3 is 14.8 Å². The van der Waals surface area contributed by atoms with Gasteiger partial charge >= 0.3 is 0 Å². The van der Waals surface area contributed by atoms with Crippen molar-refractivity contribution in [2.45, 2.75) is 39.2 Å². The highest BCUT2D eigenvalue weighted by Gasteiger charge is 2.15. The molecule has 1 aliphatic heterocycles. The Labute approximate surface area is 108 Å². The topological polar surface area (TPSA) is 56.3 Å². The average Bonchev–Trinajstić information content (AvgIpc) is 2.37. The average molecular weight is 251 g/mol. The van der Waals surface area contributed by atoms with Gasteiger partial charge in [-0.2, -0.15) is 4.98 Å². The Hall–Kier alpha value is -1.36. The molecule has 1 aliphatic rings. The van der Waals surface area contributed by atoms with Crippen LogP contribution < -0.4 is 10.1 Å². The molecule has 1 N–H and O–H groups in total. The van der Waals surface area contributed by atoms with Crippen LogP contribution >= 0.6 is 0 Å². The summed E-state index contributed by atoms with van der Waals surface area (Å²) in [6.07, 6.45) is 3.66. The van der Waals surface area contributed by atoms with Gasteiger partial charge in [0.05, 0.1) is 6.10 Å². The fourth-order valence-corrected chi connectivity index (χ4v) is 2.00. The lowest BCUT2D eigenvalue weighted by Crippen LogP contribution is -2.26. The Balaban J connectivity index is 1.91. The lowest BCUT2D eigenvalue weighted by atomic mass is 10.1. The third kappa shape index (κ3) is 3.84. The molecular formula is C13H21N3O2. The molecule has 18 heavy (non-hydrogen) atoms. The van der Waals surface area contributed by atoms with E-state index in [0.29, 0.717) is 18.3 Å². The minimum atomic E-state index is 0.205. The van der Waals surface area contributed by atoms with Crippen molar-refractivity contribution in [3.8, 4) is 5.88 Å². The summed E-state index contributed by atoms with van der Waals surface area (Å²) in [5.41, 5.74) is 0. The minimum Gasteiger partial charge on any atom is -0.475 e. The molecule has 1 saturated heterocycles. The van der Waals surface area contributed by atoms with Crippen molar-refractivity contribution in [3.05, 3.63) is 11.9 Å². The van der Waals surface area contributed by atoms with Crippen LogP contribution in [0.25, 0.3) is 0 Å². The smallest absolute Gasteiger partial charge is 0.218 e. The van der Waals surface area contributed by atoms with E-state index in [1.807, 2.05) is 19.9 Å². The maximum absolute atomic E-state index is 5.70. The van der Waals surface area contributed by atoms with Gasteiger partial charge in [0.1, 0.15) is 18.2 Å². The van der Waals surface area contributed by atoms with Crippen molar-refractivity contribution in [3.63, 3.8) is 0 Å². The number of ether oxygens (including phenoxy) is 2. The Kier molecular flexibility index (Phi) is 4.75. The van der Waals surface area contributed by atoms with Crippen LogP contribution in [0.4, 0.5) is 5.82 Å². The van der Waals surface area contributed by atoms with E-state index in [-0.39, 0.29) is 6.10 Å². The zero-order valence-electron chi connectivity index (χ0n) is 11.1. The molecule has 5 heteroatoms. The van der Waals surface area contributed by atoms with E-state index in [1.54, 1.807) is 0 Å². The number of rotatable bonds is 5. The summed E-state index contributed by atoms with van der Waals surface area (Å²) in [7, 11) is 0. The van der Waals surface area contributed by atoms with Crippen molar-refractivity contribution in [1.82, 2.24) is 9.97 Å². The second-order valence-electron chi connectivity index (χ2n) is 4.47. The Bertz CT molecular complexity index is 378. The predicted molar refractivity (Wildman–Crippen MR) is 70.0 cm³/mol. The van der Waals surface area contributed by atoms with Gasteiger partial charge in [0.25, 0.3) is 0 Å². The summed E-state index contributed by atoms with van der Waals surface area (Å²) in [5, 5.41) is 3.16. The van der Waals surface area contributed by atoms with Gasteiger partial charge in [0.15, 0.2) is 0 Å². The number of aromatic nitrogens is 2. The zero-order chi connectivity index (χ0) is 12.8. The van der Waals surface area contributed by atoms with Crippen LogP contribution in [0.1, 0.15) is 32.0 Å². The molecule has 0 aromatic carbocycles. The molecule has 0 aliphatic carbocycles. The number of hydrogen-bond acceptors (Lipinski definition) is 5. The lowest BCUT2D eigenvalue weighted by molar-refractivity contribution is -0.0119. The number of nitrogens with one attached hydrogen (secondary N) is 1. The molecule has 0 amide bonds. The van der Waals surface area contributed by atoms with Gasteiger partial charge in [-0.05, 0) is 33.1 Å². The number of hydrogen-bond donors (Lipinski definition) is 1. The van der Waals surface area contributed by atoms with Gasteiger partial charge in [-0.3, -0.25) is 0 Å². The Morgan fingerprint density at radius 2 is 2.33 bits per heavy atom. The summed E-state index contributed by atoms with van der Waals surface area (Å²) in [4.78, 5) is 8.56. The first kappa shape index (κ1) is 13.1. The van der Waals surface area contributed by atoms with E-state index in [4.69, 9.17) is 9.47 Å². The van der Waals surface area contributed by atoms with Crippen molar-refractivity contribution >= 4 is 5.82 Å². The van der Waals surface area contributed by atoms with E-state index < -0.39 is 0 Å². The maximum Gasteiger partial charge on any atom is 0.218 e. The zero-order valence-corrected chi connectivity index (χ0v) is 11.1. The summed E-state index contributed by atoms with van der Waals surface area (Å²) >= 11 is 0. The third-order valence-electron chi connectivity index (χ3n) is 2.86. The standard InChI is InChI=1S/C13H21N3O2/c1-3-14-12-8-13(16-10(2)15-12)18-9-11-6-4-5-7-17-11/h8,11H,3-7,9H2,1-2H3,(H,14,15,16). The number of nitrogens with zero attached hydrogens (tertiary/aromatic N) is 2. The molecule has 0 saturated carbocycles. The van der Waals surface area contributed by atoms with Gasteiger partial charge in [-0.1, -0.05) is 0 Å². The molecule has 1 aromatic rings. The highest BCUT2D eigenvalue weighted by molar-refractivity contribution is 5.38. The predicted octanol–water partition coefficient (Wildman–Crippen LogP) is 2.16. The highest BCUT2D eigenvalue weighted by atomic mass is 16.5. The fraction of sp³-hybridized carbons (Fsp3) is 0.692. The van der Waals surface area contributed by atoms with Crippen molar-refractivity contribution in [1.29, 1.82) is 0 Å². The van der Waals surface area contributed by atoms with Gasteiger partial charge in [-0.15, -0.1) is 0 Å². The first-order chi connectivity index (χ1) is 8.78. The molecule has 2 heterocycles. The molecule has 5 nitrogen and oxygen atoms in total. The number of anilines is 1. The molecule has 100 valence electrons. The van der Waals surface area contributed by atoms with Crippen LogP contribution in [0.3, 0.4) is 0 Å². The molecule has 1 aromatic heterocycles. The third-order valence-corrected chi connectivity index (χ3v) is 2.86. The second-order valence-corrected chi connectivity index (χ2v) is 4.47. The van der Waals surface area contributed by atoms with Crippen LogP contribution in [-0.2, 0) is 4.74 Å². The first-order valence-corrected chi connectivity index (χ1v) is 6.62. The molecule has 2 rings (SSSR count). The van der Waals surface area contributed by atoms with Crippen molar-refractivity contribution < 1.29 is 9.47 Å². The van der Waals surface area contributed by atoms with Crippen LogP contribution in [0.5, 0.6) is 5.88 Å². The Morgan fingerprint density at radius 3 is 3.06 bits per heavy atom. The highest BCUT2D eigenvalue weighted by Crippen LogP contribution is 2.16. The van der Waals surface area contributed by atoms with Gasteiger partial charge in [-0.25, -0.2) is 4.98 Å². The van der Waals surface area contributed by atoms with E-state index in [2.05, 4.69) is 15.3 Å².